The summed E-state index contributed by atoms with van der Waals surface area (Å²) in [5, 5.41) is 11.8. The van der Waals surface area contributed by atoms with Crippen LogP contribution in [0.25, 0.3) is 0 Å². The Labute approximate surface area is 96.7 Å². The van der Waals surface area contributed by atoms with Gasteiger partial charge in [0.05, 0.1) is 0 Å². The van der Waals surface area contributed by atoms with Gasteiger partial charge in [0.1, 0.15) is 0 Å². The van der Waals surface area contributed by atoms with E-state index >= 15 is 0 Å². The predicted molar refractivity (Wildman–Crippen MR) is 55.9 cm³/mol. The molecule has 0 spiro atoms. The number of hydrogen-bond acceptors (Lipinski definition) is 3. The van der Waals surface area contributed by atoms with E-state index in [0.717, 1.165) is 19.3 Å². The highest BCUT2D eigenvalue weighted by molar-refractivity contribution is 5.37. The van der Waals surface area contributed by atoms with Crippen LogP contribution in [0, 0.1) is 23.5 Å². The largest absolute Gasteiger partial charge is 0.396 e. The van der Waals surface area contributed by atoms with Crippen molar-refractivity contribution in [2.45, 2.75) is 25.3 Å². The molecule has 2 rings (SSSR count). The van der Waals surface area contributed by atoms with Gasteiger partial charge in [0.25, 0.3) is 5.95 Å². The smallest absolute Gasteiger partial charge is 0.251 e. The normalized spacial score (nSPS) is 24.0. The van der Waals surface area contributed by atoms with E-state index in [9.17, 15) is 13.2 Å². The van der Waals surface area contributed by atoms with Crippen LogP contribution in [0.1, 0.15) is 19.3 Å². The quantitative estimate of drug-likeness (QED) is 0.802. The van der Waals surface area contributed by atoms with Crippen LogP contribution in [0.5, 0.6) is 0 Å². The monoisotopic (exact) mass is 246 g/mol. The van der Waals surface area contributed by atoms with Crippen molar-refractivity contribution in [2.24, 2.45) is 5.92 Å². The Kier molecular flexibility index (Phi) is 3.51. The lowest BCUT2D eigenvalue weighted by Crippen LogP contribution is -2.27. The van der Waals surface area contributed by atoms with Crippen LogP contribution in [0.4, 0.5) is 19.0 Å². The summed E-state index contributed by atoms with van der Waals surface area (Å²) in [5.41, 5.74) is 0. The summed E-state index contributed by atoms with van der Waals surface area (Å²) in [6.07, 6.45) is 2.50. The van der Waals surface area contributed by atoms with Gasteiger partial charge in [-0.1, -0.05) is 6.42 Å². The van der Waals surface area contributed by atoms with Gasteiger partial charge in [0.15, 0.2) is 17.5 Å². The molecule has 2 N–H and O–H groups in total. The molecule has 94 valence electrons. The molecule has 1 aliphatic carbocycles. The molecule has 0 bridgehead atoms. The summed E-state index contributed by atoms with van der Waals surface area (Å²) in [6, 6.07) is 0.319. The molecular weight excluding hydrogens is 233 g/mol. The fourth-order valence-electron chi connectivity index (χ4n) is 2.17. The van der Waals surface area contributed by atoms with Crippen LogP contribution in [0.15, 0.2) is 6.07 Å². The van der Waals surface area contributed by atoms with Crippen LogP contribution >= 0.6 is 0 Å². The molecule has 2 unspecified atom stereocenters. The number of halogens is 3. The summed E-state index contributed by atoms with van der Waals surface area (Å²) >= 11 is 0. The van der Waals surface area contributed by atoms with Gasteiger partial charge < -0.3 is 10.4 Å². The summed E-state index contributed by atoms with van der Waals surface area (Å²) in [7, 11) is 0. The van der Waals surface area contributed by atoms with Gasteiger partial charge in [-0.15, -0.1) is 0 Å². The molecule has 1 aromatic rings. The Morgan fingerprint density at radius 2 is 2.06 bits per heavy atom. The lowest BCUT2D eigenvalue weighted by Gasteiger charge is -2.19. The van der Waals surface area contributed by atoms with Gasteiger partial charge in [-0.2, -0.15) is 9.37 Å². The minimum absolute atomic E-state index is 0.00399. The third-order valence-electron chi connectivity index (χ3n) is 3.10. The lowest BCUT2D eigenvalue weighted by molar-refractivity contribution is 0.222. The molecular formula is C11H13F3N2O. The van der Waals surface area contributed by atoms with Crippen LogP contribution in [-0.4, -0.2) is 22.7 Å². The highest BCUT2D eigenvalue weighted by atomic mass is 19.2. The highest BCUT2D eigenvalue weighted by Gasteiger charge is 2.27. The van der Waals surface area contributed by atoms with Gasteiger partial charge in [-0.05, 0) is 12.8 Å². The maximum absolute atomic E-state index is 13.3. The van der Waals surface area contributed by atoms with Gasteiger partial charge in [0, 0.05) is 24.6 Å². The molecule has 1 aliphatic rings. The summed E-state index contributed by atoms with van der Waals surface area (Å²) in [6.45, 7) is -0.0109. The number of rotatable bonds is 3. The van der Waals surface area contributed by atoms with Gasteiger partial charge in [-0.3, -0.25) is 0 Å². The zero-order valence-corrected chi connectivity index (χ0v) is 9.09. The first-order chi connectivity index (χ1) is 8.11. The van der Waals surface area contributed by atoms with E-state index in [-0.39, 0.29) is 24.4 Å². The number of nitrogens with zero attached hydrogens (tertiary/aromatic N) is 1. The Hall–Kier alpha value is -1.30. The van der Waals surface area contributed by atoms with Gasteiger partial charge in [0.2, 0.25) is 0 Å². The first-order valence-electron chi connectivity index (χ1n) is 5.50. The summed E-state index contributed by atoms with van der Waals surface area (Å²) in [5.74, 6) is -3.85. The average molecular weight is 246 g/mol. The second-order valence-electron chi connectivity index (χ2n) is 4.22. The maximum Gasteiger partial charge on any atom is 0.251 e. The van der Waals surface area contributed by atoms with Crippen molar-refractivity contribution < 1.29 is 18.3 Å². The van der Waals surface area contributed by atoms with Crippen LogP contribution < -0.4 is 5.32 Å². The number of nitrogens with one attached hydrogen (secondary N) is 1. The van der Waals surface area contributed by atoms with Crippen molar-refractivity contribution in [1.29, 1.82) is 0 Å². The van der Waals surface area contributed by atoms with Gasteiger partial charge >= 0.3 is 0 Å². The fraction of sp³-hybridized carbons (Fsp3) is 0.545. The molecule has 6 heteroatoms. The van der Waals surface area contributed by atoms with Crippen molar-refractivity contribution in [1.82, 2.24) is 4.98 Å². The molecule has 3 nitrogen and oxygen atoms in total. The van der Waals surface area contributed by atoms with Crippen LogP contribution in [0.3, 0.4) is 0 Å². The molecule has 1 saturated carbocycles. The van der Waals surface area contributed by atoms with E-state index in [1.165, 1.54) is 0 Å². The molecule has 0 aliphatic heterocycles. The molecule has 0 aromatic carbocycles. The van der Waals surface area contributed by atoms with Crippen molar-refractivity contribution in [3.8, 4) is 0 Å². The van der Waals surface area contributed by atoms with Crippen molar-refractivity contribution in [2.75, 3.05) is 11.9 Å². The van der Waals surface area contributed by atoms with E-state index < -0.39 is 17.6 Å². The summed E-state index contributed by atoms with van der Waals surface area (Å²) < 4.78 is 38.9. The van der Waals surface area contributed by atoms with Crippen LogP contribution in [-0.2, 0) is 0 Å². The Bertz CT molecular complexity index is 414. The van der Waals surface area contributed by atoms with Gasteiger partial charge in [-0.25, -0.2) is 8.78 Å². The third-order valence-corrected chi connectivity index (χ3v) is 3.10. The highest BCUT2D eigenvalue weighted by Crippen LogP contribution is 2.28. The maximum atomic E-state index is 13.3. The Morgan fingerprint density at radius 3 is 2.76 bits per heavy atom. The Morgan fingerprint density at radius 1 is 1.29 bits per heavy atom. The third kappa shape index (κ3) is 2.52. The lowest BCUT2D eigenvalue weighted by atomic mass is 10.1. The van der Waals surface area contributed by atoms with E-state index in [1.807, 2.05) is 0 Å². The van der Waals surface area contributed by atoms with E-state index in [1.54, 1.807) is 0 Å². The fourth-order valence-corrected chi connectivity index (χ4v) is 2.17. The second kappa shape index (κ2) is 4.91. The Balaban J connectivity index is 2.15. The van der Waals surface area contributed by atoms with E-state index in [4.69, 9.17) is 5.11 Å². The van der Waals surface area contributed by atoms with E-state index in [0.29, 0.717) is 6.07 Å². The molecule has 17 heavy (non-hydrogen) atoms. The SMILES string of the molecule is OCC1CCCC1Nc1nc(F)c(F)cc1F. The number of anilines is 1. The second-order valence-corrected chi connectivity index (χ2v) is 4.22. The number of pyridine rings is 1. The molecule has 1 aromatic heterocycles. The first-order valence-corrected chi connectivity index (χ1v) is 5.50. The average Bonchev–Trinajstić information content (AvgIpc) is 2.73. The number of aliphatic hydroxyl groups excluding tert-OH is 1. The molecule has 0 radical (unpaired) electrons. The summed E-state index contributed by atoms with van der Waals surface area (Å²) in [4.78, 5) is 3.20. The minimum Gasteiger partial charge on any atom is -0.396 e. The molecule has 1 fully saturated rings. The zero-order valence-electron chi connectivity index (χ0n) is 9.09. The molecule has 0 saturated heterocycles. The molecule has 0 amide bonds. The number of aromatic nitrogens is 1. The van der Waals surface area contributed by atoms with Crippen molar-refractivity contribution >= 4 is 5.82 Å². The van der Waals surface area contributed by atoms with Crippen molar-refractivity contribution in [3.63, 3.8) is 0 Å². The van der Waals surface area contributed by atoms with Crippen LogP contribution in [0.2, 0.25) is 0 Å². The minimum atomic E-state index is -1.33. The molecule has 2 atom stereocenters. The standard InChI is InChI=1S/C11H13F3N2O/c12-7-4-8(13)11(16-10(7)14)15-9-3-1-2-6(9)5-17/h4,6,9,17H,1-3,5H2,(H,15,16). The first kappa shape index (κ1) is 12.2. The number of aliphatic hydroxyl groups is 1. The zero-order chi connectivity index (χ0) is 12.4. The topological polar surface area (TPSA) is 45.1 Å². The molecule has 1 heterocycles. The predicted octanol–water partition coefficient (Wildman–Crippen LogP) is 2.07. The van der Waals surface area contributed by atoms with Crippen molar-refractivity contribution in [3.05, 3.63) is 23.6 Å². The van der Waals surface area contributed by atoms with E-state index in [2.05, 4.69) is 10.3 Å². The number of hydrogen-bond donors (Lipinski definition) is 2.